The molecule has 4 rings (SSSR count). The van der Waals surface area contributed by atoms with E-state index in [1.165, 1.54) is 32.6 Å². The predicted molar refractivity (Wildman–Crippen MR) is 115 cm³/mol. The molecule has 3 aromatic rings. The average molecular weight is 436 g/mol. The minimum atomic E-state index is -0.547. The fraction of sp³-hybridized carbons (Fsp3) is 0.130. The molecule has 1 aliphatic heterocycles. The lowest BCUT2D eigenvalue weighted by molar-refractivity contribution is -0.113. The van der Waals surface area contributed by atoms with Crippen LogP contribution in [0.3, 0.4) is 0 Å². The summed E-state index contributed by atoms with van der Waals surface area (Å²) in [4.78, 5) is 25.8. The van der Waals surface area contributed by atoms with Crippen LogP contribution in [0, 0.1) is 0 Å². The van der Waals surface area contributed by atoms with Crippen LogP contribution in [0.2, 0.25) is 0 Å². The molecule has 0 aliphatic carbocycles. The number of hydrogen-bond donors (Lipinski definition) is 2. The van der Waals surface area contributed by atoms with Crippen LogP contribution in [0.15, 0.2) is 64.9 Å². The van der Waals surface area contributed by atoms with Gasteiger partial charge in [-0.2, -0.15) is 0 Å². The molecule has 0 radical (unpaired) electrons. The van der Waals surface area contributed by atoms with Crippen molar-refractivity contribution in [3.05, 3.63) is 71.8 Å². The molecule has 9 nitrogen and oxygen atoms in total. The maximum absolute atomic E-state index is 13.0. The van der Waals surface area contributed by atoms with Crippen LogP contribution in [0.25, 0.3) is 6.08 Å². The number of fused-ring (bicyclic) bond motifs is 1. The molecule has 0 fully saturated rings. The first-order valence-electron chi connectivity index (χ1n) is 9.57. The standard InChI is InChI=1S/C23H20N2O7/c1-28-18-7-5-14(10-20(18)29-2)22(26)25-17(12-16-4-3-9-30-16)23(27)24-15-6-8-19-21(11-15)32-13-31-19/h3-12H,13H2,1-2H3,(H,24,27)(H,25,26)/b17-12-. The summed E-state index contributed by atoms with van der Waals surface area (Å²) in [5, 5.41) is 5.37. The molecule has 32 heavy (non-hydrogen) atoms. The zero-order valence-electron chi connectivity index (χ0n) is 17.3. The number of methoxy groups -OCH3 is 2. The molecule has 2 heterocycles. The second kappa shape index (κ2) is 9.17. The van der Waals surface area contributed by atoms with Gasteiger partial charge in [0.2, 0.25) is 6.79 Å². The van der Waals surface area contributed by atoms with E-state index in [-0.39, 0.29) is 18.1 Å². The molecular weight excluding hydrogens is 416 g/mol. The summed E-state index contributed by atoms with van der Waals surface area (Å²) in [6.45, 7) is 0.123. The summed E-state index contributed by atoms with van der Waals surface area (Å²) in [6.07, 6.45) is 2.90. The Kier molecular flexibility index (Phi) is 5.98. The summed E-state index contributed by atoms with van der Waals surface area (Å²) >= 11 is 0. The van der Waals surface area contributed by atoms with Gasteiger partial charge in [0.25, 0.3) is 11.8 Å². The van der Waals surface area contributed by atoms with Gasteiger partial charge >= 0.3 is 0 Å². The van der Waals surface area contributed by atoms with Crippen molar-refractivity contribution in [1.29, 1.82) is 0 Å². The lowest BCUT2D eigenvalue weighted by atomic mass is 10.1. The van der Waals surface area contributed by atoms with Gasteiger partial charge in [0, 0.05) is 23.4 Å². The first kappa shape index (κ1) is 20.9. The molecule has 0 saturated heterocycles. The number of hydrogen-bond acceptors (Lipinski definition) is 7. The molecule has 9 heteroatoms. The van der Waals surface area contributed by atoms with Gasteiger partial charge in [0.1, 0.15) is 11.5 Å². The van der Waals surface area contributed by atoms with Gasteiger partial charge < -0.3 is 34.0 Å². The Morgan fingerprint density at radius 2 is 1.78 bits per heavy atom. The molecule has 1 aliphatic rings. The quantitative estimate of drug-likeness (QED) is 0.546. The van der Waals surface area contributed by atoms with Crippen molar-refractivity contribution in [3.63, 3.8) is 0 Å². The fourth-order valence-electron chi connectivity index (χ4n) is 3.02. The van der Waals surface area contributed by atoms with E-state index in [4.69, 9.17) is 23.4 Å². The Hall–Kier alpha value is -4.40. The Bertz CT molecular complexity index is 1170. The predicted octanol–water partition coefficient (Wildman–Crippen LogP) is 3.44. The smallest absolute Gasteiger partial charge is 0.272 e. The SMILES string of the molecule is COc1ccc(C(=O)N/C(=C\c2ccco2)C(=O)Nc2ccc3c(c2)OCO3)cc1OC. The highest BCUT2D eigenvalue weighted by molar-refractivity contribution is 6.10. The summed E-state index contributed by atoms with van der Waals surface area (Å²) in [6, 6.07) is 13.0. The van der Waals surface area contributed by atoms with Crippen molar-refractivity contribution in [2.45, 2.75) is 0 Å². The van der Waals surface area contributed by atoms with Crippen LogP contribution in [-0.4, -0.2) is 32.8 Å². The third-order valence-corrected chi connectivity index (χ3v) is 4.60. The summed E-state index contributed by atoms with van der Waals surface area (Å²) in [5.41, 5.74) is 0.742. The molecule has 2 N–H and O–H groups in total. The van der Waals surface area contributed by atoms with E-state index >= 15 is 0 Å². The van der Waals surface area contributed by atoms with Gasteiger partial charge in [-0.15, -0.1) is 0 Å². The molecule has 0 unspecified atom stereocenters. The summed E-state index contributed by atoms with van der Waals surface area (Å²) in [5.74, 6) is 1.33. The number of benzene rings is 2. The molecule has 0 spiro atoms. The van der Waals surface area contributed by atoms with E-state index in [0.29, 0.717) is 34.4 Å². The molecule has 1 aromatic heterocycles. The molecule has 0 bridgehead atoms. The number of rotatable bonds is 7. The maximum atomic E-state index is 13.0. The fourth-order valence-corrected chi connectivity index (χ4v) is 3.02. The van der Waals surface area contributed by atoms with Crippen LogP contribution in [0.4, 0.5) is 5.69 Å². The zero-order valence-corrected chi connectivity index (χ0v) is 17.3. The Morgan fingerprint density at radius 3 is 2.53 bits per heavy atom. The molecule has 164 valence electrons. The van der Waals surface area contributed by atoms with Crippen LogP contribution in [0.5, 0.6) is 23.0 Å². The van der Waals surface area contributed by atoms with Crippen molar-refractivity contribution in [2.75, 3.05) is 26.3 Å². The highest BCUT2D eigenvalue weighted by Crippen LogP contribution is 2.34. The summed E-state index contributed by atoms with van der Waals surface area (Å²) < 4.78 is 26.3. The number of furan rings is 1. The topological polar surface area (TPSA) is 108 Å². The lowest BCUT2D eigenvalue weighted by Crippen LogP contribution is -2.30. The molecule has 2 amide bonds. The monoisotopic (exact) mass is 436 g/mol. The number of amides is 2. The van der Waals surface area contributed by atoms with E-state index in [1.54, 1.807) is 42.5 Å². The number of anilines is 1. The number of ether oxygens (including phenoxy) is 4. The van der Waals surface area contributed by atoms with Crippen LogP contribution < -0.4 is 29.6 Å². The normalized spacial score (nSPS) is 12.2. The summed E-state index contributed by atoms with van der Waals surface area (Å²) in [7, 11) is 2.98. The zero-order chi connectivity index (χ0) is 22.5. The van der Waals surface area contributed by atoms with Crippen molar-refractivity contribution >= 4 is 23.6 Å². The first-order valence-corrected chi connectivity index (χ1v) is 9.57. The third-order valence-electron chi connectivity index (χ3n) is 4.60. The molecular formula is C23H20N2O7. The highest BCUT2D eigenvalue weighted by atomic mass is 16.7. The first-order chi connectivity index (χ1) is 15.6. The van der Waals surface area contributed by atoms with Crippen molar-refractivity contribution in [1.82, 2.24) is 5.32 Å². The van der Waals surface area contributed by atoms with Crippen LogP contribution in [-0.2, 0) is 4.79 Å². The van der Waals surface area contributed by atoms with Gasteiger partial charge in [-0.3, -0.25) is 9.59 Å². The van der Waals surface area contributed by atoms with Gasteiger partial charge in [0.05, 0.1) is 20.5 Å². The van der Waals surface area contributed by atoms with Gasteiger partial charge in [0.15, 0.2) is 23.0 Å². The second-order valence-electron chi connectivity index (χ2n) is 6.62. The van der Waals surface area contributed by atoms with Gasteiger partial charge in [-0.25, -0.2) is 0 Å². The highest BCUT2D eigenvalue weighted by Gasteiger charge is 2.19. The van der Waals surface area contributed by atoms with Crippen LogP contribution in [0.1, 0.15) is 16.1 Å². The maximum Gasteiger partial charge on any atom is 0.272 e. The molecule has 0 atom stereocenters. The van der Waals surface area contributed by atoms with Crippen molar-refractivity contribution in [3.8, 4) is 23.0 Å². The second-order valence-corrected chi connectivity index (χ2v) is 6.62. The number of carbonyl (C=O) groups excluding carboxylic acids is 2. The minimum Gasteiger partial charge on any atom is -0.493 e. The third kappa shape index (κ3) is 4.51. The molecule has 0 saturated carbocycles. The van der Waals surface area contributed by atoms with E-state index in [0.717, 1.165) is 0 Å². The Morgan fingerprint density at radius 1 is 0.969 bits per heavy atom. The number of nitrogens with one attached hydrogen (secondary N) is 2. The van der Waals surface area contributed by atoms with Gasteiger partial charge in [-0.05, 0) is 42.5 Å². The molecule has 2 aromatic carbocycles. The van der Waals surface area contributed by atoms with E-state index in [2.05, 4.69) is 10.6 Å². The van der Waals surface area contributed by atoms with Crippen molar-refractivity contribution < 1.29 is 33.0 Å². The van der Waals surface area contributed by atoms with Gasteiger partial charge in [-0.1, -0.05) is 0 Å². The largest absolute Gasteiger partial charge is 0.493 e. The van der Waals surface area contributed by atoms with Crippen molar-refractivity contribution in [2.24, 2.45) is 0 Å². The van der Waals surface area contributed by atoms with E-state index < -0.39 is 11.8 Å². The average Bonchev–Trinajstić information content (AvgIpc) is 3.49. The lowest BCUT2D eigenvalue weighted by Gasteiger charge is -2.13. The van der Waals surface area contributed by atoms with Crippen LogP contribution >= 0.6 is 0 Å². The number of carbonyl (C=O) groups is 2. The van der Waals surface area contributed by atoms with E-state index in [9.17, 15) is 9.59 Å². The Balaban J connectivity index is 1.57. The minimum absolute atomic E-state index is 0.0163. The Labute approximate surface area is 183 Å². The van der Waals surface area contributed by atoms with E-state index in [1.807, 2.05) is 0 Å².